The first-order valence-electron chi connectivity index (χ1n) is 9.87. The summed E-state index contributed by atoms with van der Waals surface area (Å²) in [6.45, 7) is 2.92. The van der Waals surface area contributed by atoms with Gasteiger partial charge in [-0.25, -0.2) is 4.39 Å². The van der Waals surface area contributed by atoms with Crippen LogP contribution in [0.3, 0.4) is 0 Å². The molecule has 0 aliphatic rings. The van der Waals surface area contributed by atoms with E-state index in [2.05, 4.69) is 11.4 Å². The maximum absolute atomic E-state index is 13.7. The summed E-state index contributed by atoms with van der Waals surface area (Å²) < 4.78 is 19.0. The van der Waals surface area contributed by atoms with E-state index in [-0.39, 0.29) is 18.3 Å². The lowest BCUT2D eigenvalue weighted by Crippen LogP contribution is -2.32. The smallest absolute Gasteiger partial charge is 0.238 e. The van der Waals surface area contributed by atoms with Crippen LogP contribution in [0.1, 0.15) is 22.3 Å². The number of methoxy groups -OCH3 is 1. The van der Waals surface area contributed by atoms with Crippen LogP contribution < -0.4 is 10.1 Å². The van der Waals surface area contributed by atoms with Gasteiger partial charge in [0.25, 0.3) is 0 Å². The van der Waals surface area contributed by atoms with Crippen LogP contribution in [-0.4, -0.2) is 24.5 Å². The molecule has 1 amide bonds. The Morgan fingerprint density at radius 1 is 1.06 bits per heavy atom. The van der Waals surface area contributed by atoms with E-state index in [0.29, 0.717) is 30.1 Å². The van der Waals surface area contributed by atoms with E-state index in [4.69, 9.17) is 10.00 Å². The molecule has 0 saturated heterocycles. The van der Waals surface area contributed by atoms with Gasteiger partial charge in [-0.15, -0.1) is 0 Å². The molecule has 0 heterocycles. The van der Waals surface area contributed by atoms with Gasteiger partial charge in [0, 0.05) is 13.1 Å². The standard InChI is InChI=1S/C25H24FN3O2/c1-18-6-11-24(31-2)23(12-18)28-25(30)17-29(16-21-4-3-5-22(26)13-21)15-20-9-7-19(14-27)8-10-20/h3-13H,15-17H2,1-2H3,(H,28,30). The second-order valence-corrected chi connectivity index (χ2v) is 7.34. The predicted molar refractivity (Wildman–Crippen MR) is 118 cm³/mol. The maximum Gasteiger partial charge on any atom is 0.238 e. The fraction of sp³-hybridized carbons (Fsp3) is 0.200. The van der Waals surface area contributed by atoms with Gasteiger partial charge in [0.05, 0.1) is 31.0 Å². The quantitative estimate of drug-likeness (QED) is 0.579. The molecule has 0 bridgehead atoms. The second-order valence-electron chi connectivity index (χ2n) is 7.34. The van der Waals surface area contributed by atoms with Gasteiger partial charge < -0.3 is 10.1 Å². The number of halogens is 1. The lowest BCUT2D eigenvalue weighted by Gasteiger charge is -2.22. The minimum atomic E-state index is -0.315. The molecule has 1 N–H and O–H groups in total. The van der Waals surface area contributed by atoms with Gasteiger partial charge in [0.2, 0.25) is 5.91 Å². The third-order valence-corrected chi connectivity index (χ3v) is 4.78. The number of nitrogens with one attached hydrogen (secondary N) is 1. The number of benzene rings is 3. The molecule has 0 radical (unpaired) electrons. The number of carbonyl (C=O) groups excluding carboxylic acids is 1. The highest BCUT2D eigenvalue weighted by atomic mass is 19.1. The zero-order valence-electron chi connectivity index (χ0n) is 17.6. The van der Waals surface area contributed by atoms with E-state index in [1.807, 2.05) is 48.2 Å². The van der Waals surface area contributed by atoms with Crippen molar-refractivity contribution in [3.63, 3.8) is 0 Å². The summed E-state index contributed by atoms with van der Waals surface area (Å²) in [6.07, 6.45) is 0. The van der Waals surface area contributed by atoms with Crippen molar-refractivity contribution in [3.8, 4) is 11.8 Å². The number of hydrogen-bond acceptors (Lipinski definition) is 4. The first-order chi connectivity index (χ1) is 15.0. The Labute approximate surface area is 181 Å². The van der Waals surface area contributed by atoms with Crippen LogP contribution in [0.25, 0.3) is 0 Å². The van der Waals surface area contributed by atoms with Gasteiger partial charge >= 0.3 is 0 Å². The fourth-order valence-corrected chi connectivity index (χ4v) is 3.32. The molecule has 5 nitrogen and oxygen atoms in total. The number of anilines is 1. The van der Waals surface area contributed by atoms with Crippen LogP contribution in [-0.2, 0) is 17.9 Å². The Hall–Kier alpha value is -3.69. The molecule has 0 saturated carbocycles. The first kappa shape index (κ1) is 22.0. The number of nitrogens with zero attached hydrogens (tertiary/aromatic N) is 2. The van der Waals surface area contributed by atoms with Crippen LogP contribution in [0.15, 0.2) is 66.7 Å². The van der Waals surface area contributed by atoms with Crippen LogP contribution in [0.2, 0.25) is 0 Å². The maximum atomic E-state index is 13.7. The van der Waals surface area contributed by atoms with Crippen molar-refractivity contribution in [3.05, 3.63) is 94.8 Å². The Morgan fingerprint density at radius 2 is 1.81 bits per heavy atom. The largest absolute Gasteiger partial charge is 0.495 e. The van der Waals surface area contributed by atoms with Crippen LogP contribution in [0, 0.1) is 24.1 Å². The normalized spacial score (nSPS) is 10.5. The molecule has 0 atom stereocenters. The van der Waals surface area contributed by atoms with Crippen LogP contribution >= 0.6 is 0 Å². The highest BCUT2D eigenvalue weighted by Crippen LogP contribution is 2.25. The topological polar surface area (TPSA) is 65.4 Å². The van der Waals surface area contributed by atoms with Gasteiger partial charge in [-0.3, -0.25) is 9.69 Å². The van der Waals surface area contributed by atoms with Crippen molar-refractivity contribution in [1.29, 1.82) is 5.26 Å². The van der Waals surface area contributed by atoms with Crippen LogP contribution in [0.4, 0.5) is 10.1 Å². The van der Waals surface area contributed by atoms with E-state index >= 15 is 0 Å². The molecule has 0 aromatic heterocycles. The van der Waals surface area contributed by atoms with Gasteiger partial charge in [0.1, 0.15) is 11.6 Å². The molecule has 31 heavy (non-hydrogen) atoms. The number of nitriles is 1. The lowest BCUT2D eigenvalue weighted by molar-refractivity contribution is -0.117. The van der Waals surface area contributed by atoms with E-state index < -0.39 is 0 Å². The highest BCUT2D eigenvalue weighted by Gasteiger charge is 2.15. The molecule has 0 spiro atoms. The Bertz CT molecular complexity index is 1090. The minimum absolute atomic E-state index is 0.105. The zero-order chi connectivity index (χ0) is 22.2. The molecule has 6 heteroatoms. The lowest BCUT2D eigenvalue weighted by atomic mass is 10.1. The van der Waals surface area contributed by atoms with Crippen molar-refractivity contribution in [1.82, 2.24) is 4.90 Å². The average molecular weight is 417 g/mol. The third kappa shape index (κ3) is 6.39. The van der Waals surface area contributed by atoms with Gasteiger partial charge in [-0.2, -0.15) is 5.26 Å². The second kappa shape index (κ2) is 10.4. The molecular weight excluding hydrogens is 393 g/mol. The molecule has 0 aliphatic heterocycles. The van der Waals surface area contributed by atoms with Crippen molar-refractivity contribution < 1.29 is 13.9 Å². The van der Waals surface area contributed by atoms with Crippen molar-refractivity contribution in [2.75, 3.05) is 19.0 Å². The Morgan fingerprint density at radius 3 is 2.48 bits per heavy atom. The summed E-state index contributed by atoms with van der Waals surface area (Å²) in [5.74, 6) is 0.0708. The number of rotatable bonds is 8. The number of hydrogen-bond donors (Lipinski definition) is 1. The molecule has 0 unspecified atom stereocenters. The molecule has 3 aromatic carbocycles. The monoisotopic (exact) mass is 417 g/mol. The van der Waals surface area contributed by atoms with E-state index in [9.17, 15) is 9.18 Å². The molecule has 3 aromatic rings. The minimum Gasteiger partial charge on any atom is -0.495 e. The summed E-state index contributed by atoms with van der Waals surface area (Å²) >= 11 is 0. The number of amides is 1. The van der Waals surface area contributed by atoms with E-state index in [1.54, 1.807) is 25.3 Å². The molecular formula is C25H24FN3O2. The Kier molecular flexibility index (Phi) is 7.36. The summed E-state index contributed by atoms with van der Waals surface area (Å²) in [7, 11) is 1.56. The molecule has 0 aliphatic carbocycles. The SMILES string of the molecule is COc1ccc(C)cc1NC(=O)CN(Cc1ccc(C#N)cc1)Cc1cccc(F)c1. The summed E-state index contributed by atoms with van der Waals surface area (Å²) in [5, 5.41) is 11.9. The van der Waals surface area contributed by atoms with Gasteiger partial charge in [0.15, 0.2) is 0 Å². The van der Waals surface area contributed by atoms with E-state index in [1.165, 1.54) is 12.1 Å². The molecule has 3 rings (SSSR count). The summed E-state index contributed by atoms with van der Waals surface area (Å²) in [5.41, 5.74) is 3.91. The van der Waals surface area contributed by atoms with Crippen molar-refractivity contribution in [2.24, 2.45) is 0 Å². The zero-order valence-corrected chi connectivity index (χ0v) is 17.6. The molecule has 158 valence electrons. The first-order valence-corrected chi connectivity index (χ1v) is 9.87. The fourth-order valence-electron chi connectivity index (χ4n) is 3.32. The number of carbonyl (C=O) groups is 1. The number of ether oxygens (including phenoxy) is 1. The average Bonchev–Trinajstić information content (AvgIpc) is 2.74. The van der Waals surface area contributed by atoms with Gasteiger partial charge in [-0.05, 0) is 60.0 Å². The van der Waals surface area contributed by atoms with Gasteiger partial charge in [-0.1, -0.05) is 30.3 Å². The number of aryl methyl sites for hydroxylation is 1. The predicted octanol–water partition coefficient (Wildman–Crippen LogP) is 4.66. The van der Waals surface area contributed by atoms with Crippen molar-refractivity contribution in [2.45, 2.75) is 20.0 Å². The Balaban J connectivity index is 1.77. The molecule has 0 fully saturated rings. The summed E-state index contributed by atoms with van der Waals surface area (Å²) in [6, 6.07) is 21.2. The van der Waals surface area contributed by atoms with Crippen LogP contribution in [0.5, 0.6) is 5.75 Å². The highest BCUT2D eigenvalue weighted by molar-refractivity contribution is 5.93. The van der Waals surface area contributed by atoms with E-state index in [0.717, 1.165) is 16.7 Å². The third-order valence-electron chi connectivity index (χ3n) is 4.78. The summed E-state index contributed by atoms with van der Waals surface area (Å²) in [4.78, 5) is 14.7. The van der Waals surface area contributed by atoms with Crippen molar-refractivity contribution >= 4 is 11.6 Å².